The fourth-order valence-electron chi connectivity index (χ4n) is 2.92. The Morgan fingerprint density at radius 2 is 2.17 bits per heavy atom. The van der Waals surface area contributed by atoms with Crippen LogP contribution in [0.2, 0.25) is 0 Å². The number of aromatic nitrogens is 2. The summed E-state index contributed by atoms with van der Waals surface area (Å²) in [6.07, 6.45) is 3.93. The molecule has 0 radical (unpaired) electrons. The summed E-state index contributed by atoms with van der Waals surface area (Å²) in [5.74, 6) is 1.06. The van der Waals surface area contributed by atoms with Crippen LogP contribution < -0.4 is 4.90 Å². The number of hydrogen-bond donors (Lipinski definition) is 0. The topological polar surface area (TPSA) is 49.3 Å². The molecule has 0 saturated heterocycles. The maximum atomic E-state index is 12.7. The molecular weight excluding hydrogens is 300 g/mol. The summed E-state index contributed by atoms with van der Waals surface area (Å²) < 4.78 is 0. The van der Waals surface area contributed by atoms with Crippen molar-refractivity contribution in [3.8, 4) is 0 Å². The average Bonchev–Trinajstić information content (AvgIpc) is 2.76. The summed E-state index contributed by atoms with van der Waals surface area (Å²) in [4.78, 5) is 25.7. The zero-order chi connectivity index (χ0) is 16.9. The molecule has 5 nitrogen and oxygen atoms in total. The molecule has 0 aromatic carbocycles. The molecule has 2 aromatic rings. The quantitative estimate of drug-likeness (QED) is 0.811. The van der Waals surface area contributed by atoms with Crippen molar-refractivity contribution in [3.63, 3.8) is 0 Å². The van der Waals surface area contributed by atoms with E-state index in [-0.39, 0.29) is 5.91 Å². The third-order valence-corrected chi connectivity index (χ3v) is 4.16. The highest BCUT2D eigenvalue weighted by molar-refractivity contribution is 5.78. The van der Waals surface area contributed by atoms with E-state index in [4.69, 9.17) is 0 Å². The molecule has 0 N–H and O–H groups in total. The van der Waals surface area contributed by atoms with E-state index in [9.17, 15) is 4.79 Å². The van der Waals surface area contributed by atoms with E-state index < -0.39 is 0 Å². The van der Waals surface area contributed by atoms with E-state index in [2.05, 4.69) is 27.5 Å². The van der Waals surface area contributed by atoms with E-state index in [1.807, 2.05) is 42.2 Å². The van der Waals surface area contributed by atoms with E-state index >= 15 is 0 Å². The monoisotopic (exact) mass is 322 g/mol. The average molecular weight is 322 g/mol. The first kappa shape index (κ1) is 16.2. The number of carbonyl (C=O) groups excluding carboxylic acids is 1. The van der Waals surface area contributed by atoms with Gasteiger partial charge in [0, 0.05) is 49.3 Å². The molecule has 3 rings (SSSR count). The van der Waals surface area contributed by atoms with Crippen LogP contribution in [0, 0.1) is 6.92 Å². The molecule has 24 heavy (non-hydrogen) atoms. The van der Waals surface area contributed by atoms with E-state index in [0.717, 1.165) is 35.9 Å². The lowest BCUT2D eigenvalue weighted by Gasteiger charge is -2.22. The smallest absolute Gasteiger partial charge is 0.228 e. The van der Waals surface area contributed by atoms with Gasteiger partial charge in [0.1, 0.15) is 5.82 Å². The number of anilines is 1. The Bertz CT molecular complexity index is 729. The van der Waals surface area contributed by atoms with Crippen LogP contribution in [0.15, 0.2) is 49.2 Å². The first-order valence-electron chi connectivity index (χ1n) is 8.17. The highest BCUT2D eigenvalue weighted by Crippen LogP contribution is 2.23. The van der Waals surface area contributed by atoms with Crippen molar-refractivity contribution in [2.45, 2.75) is 19.9 Å². The van der Waals surface area contributed by atoms with Crippen LogP contribution in [-0.2, 0) is 17.8 Å². The number of nitrogens with zero attached hydrogens (tertiary/aromatic N) is 4. The lowest BCUT2D eigenvalue weighted by atomic mass is 10.2. The van der Waals surface area contributed by atoms with Crippen molar-refractivity contribution in [1.29, 1.82) is 0 Å². The molecule has 0 aliphatic carbocycles. The summed E-state index contributed by atoms with van der Waals surface area (Å²) >= 11 is 0. The van der Waals surface area contributed by atoms with Gasteiger partial charge in [-0.25, -0.2) is 4.98 Å². The first-order chi connectivity index (χ1) is 11.7. The van der Waals surface area contributed by atoms with Gasteiger partial charge in [0.25, 0.3) is 0 Å². The highest BCUT2D eigenvalue weighted by Gasteiger charge is 2.23. The van der Waals surface area contributed by atoms with E-state index in [0.29, 0.717) is 19.5 Å². The minimum Gasteiger partial charge on any atom is -0.351 e. The van der Waals surface area contributed by atoms with Gasteiger partial charge in [0.2, 0.25) is 5.91 Å². The van der Waals surface area contributed by atoms with Gasteiger partial charge >= 0.3 is 0 Å². The zero-order valence-electron chi connectivity index (χ0n) is 14.0. The third-order valence-electron chi connectivity index (χ3n) is 4.16. The first-order valence-corrected chi connectivity index (χ1v) is 8.17. The number of aryl methyl sites for hydroxylation is 1. The third kappa shape index (κ3) is 3.62. The lowest BCUT2D eigenvalue weighted by Crippen LogP contribution is -2.36. The van der Waals surface area contributed by atoms with Crippen LogP contribution >= 0.6 is 0 Å². The Morgan fingerprint density at radius 1 is 1.29 bits per heavy atom. The van der Waals surface area contributed by atoms with Gasteiger partial charge in [0.15, 0.2) is 0 Å². The molecule has 0 bridgehead atoms. The molecule has 1 aliphatic heterocycles. The minimum atomic E-state index is 0.0979. The fraction of sp³-hybridized carbons (Fsp3) is 0.316. The molecule has 1 amide bonds. The summed E-state index contributed by atoms with van der Waals surface area (Å²) in [6.45, 7) is 8.56. The van der Waals surface area contributed by atoms with E-state index in [1.54, 1.807) is 6.20 Å². The Labute approximate surface area is 142 Å². The van der Waals surface area contributed by atoms with Gasteiger partial charge in [-0.1, -0.05) is 18.2 Å². The SMILES string of the molecule is C=CCN1CCN(C(=O)Cc2ccccn2)Cc2ccc(C)nc21. The van der Waals surface area contributed by atoms with Gasteiger partial charge < -0.3 is 9.80 Å². The standard InChI is InChI=1S/C19H22N4O/c1-3-10-22-11-12-23(14-16-8-7-15(2)21-19(16)22)18(24)13-17-6-4-5-9-20-17/h3-9H,1,10-14H2,2H3. The van der Waals surface area contributed by atoms with Crippen LogP contribution in [0.25, 0.3) is 0 Å². The number of hydrogen-bond acceptors (Lipinski definition) is 4. The summed E-state index contributed by atoms with van der Waals surface area (Å²) in [7, 11) is 0. The molecule has 3 heterocycles. The predicted octanol–water partition coefficient (Wildman–Crippen LogP) is 2.36. The van der Waals surface area contributed by atoms with Crippen LogP contribution in [0.3, 0.4) is 0 Å². The van der Waals surface area contributed by atoms with Crippen LogP contribution in [-0.4, -0.2) is 40.4 Å². The van der Waals surface area contributed by atoms with Crippen LogP contribution in [0.1, 0.15) is 17.0 Å². The Morgan fingerprint density at radius 3 is 2.92 bits per heavy atom. The van der Waals surface area contributed by atoms with Gasteiger partial charge in [-0.2, -0.15) is 0 Å². The number of carbonyl (C=O) groups is 1. The lowest BCUT2D eigenvalue weighted by molar-refractivity contribution is -0.130. The molecule has 0 spiro atoms. The second-order valence-corrected chi connectivity index (χ2v) is 5.98. The largest absolute Gasteiger partial charge is 0.351 e. The summed E-state index contributed by atoms with van der Waals surface area (Å²) in [6, 6.07) is 9.72. The molecule has 0 fully saturated rings. The van der Waals surface area contributed by atoms with Crippen molar-refractivity contribution in [2.75, 3.05) is 24.5 Å². The number of fused-ring (bicyclic) bond motifs is 1. The number of pyridine rings is 2. The second-order valence-electron chi connectivity index (χ2n) is 5.98. The molecule has 2 aromatic heterocycles. The molecule has 1 aliphatic rings. The van der Waals surface area contributed by atoms with Crippen LogP contribution in [0.5, 0.6) is 0 Å². The minimum absolute atomic E-state index is 0.0979. The molecule has 0 saturated carbocycles. The van der Waals surface area contributed by atoms with Crippen molar-refractivity contribution in [2.24, 2.45) is 0 Å². The Kier molecular flexibility index (Phi) is 4.89. The normalized spacial score (nSPS) is 14.0. The highest BCUT2D eigenvalue weighted by atomic mass is 16.2. The molecule has 0 unspecified atom stereocenters. The van der Waals surface area contributed by atoms with Gasteiger partial charge in [-0.05, 0) is 25.1 Å². The zero-order valence-corrected chi connectivity index (χ0v) is 14.0. The molecular formula is C19H22N4O. The summed E-state index contributed by atoms with van der Waals surface area (Å²) in [5.41, 5.74) is 2.86. The van der Waals surface area contributed by atoms with E-state index in [1.165, 1.54) is 0 Å². The fourth-order valence-corrected chi connectivity index (χ4v) is 2.92. The van der Waals surface area contributed by atoms with Crippen molar-refractivity contribution < 1.29 is 4.79 Å². The number of amides is 1. The maximum Gasteiger partial charge on any atom is 0.228 e. The van der Waals surface area contributed by atoms with Crippen molar-refractivity contribution >= 4 is 11.7 Å². The Hall–Kier alpha value is -2.69. The number of rotatable bonds is 4. The van der Waals surface area contributed by atoms with Crippen LogP contribution in [0.4, 0.5) is 5.82 Å². The van der Waals surface area contributed by atoms with Crippen molar-refractivity contribution in [1.82, 2.24) is 14.9 Å². The molecule has 124 valence electrons. The van der Waals surface area contributed by atoms with Gasteiger partial charge in [-0.3, -0.25) is 9.78 Å². The summed E-state index contributed by atoms with van der Waals surface area (Å²) in [5, 5.41) is 0. The van der Waals surface area contributed by atoms with Crippen molar-refractivity contribution in [3.05, 3.63) is 66.1 Å². The van der Waals surface area contributed by atoms with Gasteiger partial charge in [0.05, 0.1) is 6.42 Å². The molecule has 0 atom stereocenters. The Balaban J connectivity index is 1.81. The second kappa shape index (κ2) is 7.25. The molecule has 5 heteroatoms. The maximum absolute atomic E-state index is 12.7. The predicted molar refractivity (Wildman–Crippen MR) is 94.7 cm³/mol. The van der Waals surface area contributed by atoms with Gasteiger partial charge in [-0.15, -0.1) is 6.58 Å².